The average Bonchev–Trinajstić information content (AvgIpc) is 3.31. The van der Waals surface area contributed by atoms with Crippen LogP contribution in [0.15, 0.2) is 30.3 Å². The summed E-state index contributed by atoms with van der Waals surface area (Å²) in [6.07, 6.45) is 1.98. The zero-order chi connectivity index (χ0) is 24.5. The molecule has 2 rings (SSSR count). The molecular formula is C23H34N4O5S. The number of rotatable bonds is 11. The van der Waals surface area contributed by atoms with Crippen molar-refractivity contribution in [2.75, 3.05) is 12.3 Å². The minimum absolute atomic E-state index is 0.0182. The fourth-order valence-electron chi connectivity index (χ4n) is 3.78. The summed E-state index contributed by atoms with van der Waals surface area (Å²) >= 11 is 4.16. The number of carboxylic acid groups (broad SMARTS) is 1. The largest absolute Gasteiger partial charge is 0.480 e. The number of likely N-dealkylation sites (tertiary alicyclic amines) is 1. The highest BCUT2D eigenvalue weighted by Crippen LogP contribution is 2.20. The van der Waals surface area contributed by atoms with Gasteiger partial charge in [0.15, 0.2) is 0 Å². The lowest BCUT2D eigenvalue weighted by atomic mass is 9.98. The van der Waals surface area contributed by atoms with Gasteiger partial charge in [-0.3, -0.25) is 14.4 Å². The van der Waals surface area contributed by atoms with E-state index in [4.69, 9.17) is 5.73 Å². The van der Waals surface area contributed by atoms with Gasteiger partial charge in [-0.2, -0.15) is 12.6 Å². The Morgan fingerprint density at radius 1 is 1.18 bits per heavy atom. The van der Waals surface area contributed by atoms with E-state index in [1.54, 1.807) is 24.3 Å². The maximum Gasteiger partial charge on any atom is 0.326 e. The lowest BCUT2D eigenvalue weighted by molar-refractivity contribution is -0.143. The van der Waals surface area contributed by atoms with Crippen LogP contribution in [0.3, 0.4) is 0 Å². The Morgan fingerprint density at radius 2 is 1.85 bits per heavy atom. The zero-order valence-corrected chi connectivity index (χ0v) is 20.0. The molecule has 1 saturated heterocycles. The molecule has 5 atom stereocenters. The van der Waals surface area contributed by atoms with Crippen LogP contribution in [-0.4, -0.2) is 70.2 Å². The molecule has 1 aliphatic rings. The van der Waals surface area contributed by atoms with E-state index in [1.165, 1.54) is 4.90 Å². The first-order chi connectivity index (χ1) is 15.7. The summed E-state index contributed by atoms with van der Waals surface area (Å²) in [4.78, 5) is 51.6. The Bertz CT molecular complexity index is 837. The van der Waals surface area contributed by atoms with Gasteiger partial charge in [-0.05, 0) is 24.3 Å². The molecule has 5 N–H and O–H groups in total. The third kappa shape index (κ3) is 7.20. The van der Waals surface area contributed by atoms with Crippen LogP contribution < -0.4 is 16.4 Å². The van der Waals surface area contributed by atoms with Gasteiger partial charge in [0.05, 0.1) is 6.04 Å². The second-order valence-corrected chi connectivity index (χ2v) is 8.80. The first-order valence-corrected chi connectivity index (χ1v) is 11.9. The van der Waals surface area contributed by atoms with Crippen LogP contribution in [0.5, 0.6) is 0 Å². The molecule has 1 heterocycles. The maximum absolute atomic E-state index is 12.9. The molecule has 9 nitrogen and oxygen atoms in total. The van der Waals surface area contributed by atoms with Crippen LogP contribution in [-0.2, 0) is 25.6 Å². The van der Waals surface area contributed by atoms with Crippen molar-refractivity contribution in [2.24, 2.45) is 11.7 Å². The third-order valence-corrected chi connectivity index (χ3v) is 6.46. The van der Waals surface area contributed by atoms with Crippen molar-refractivity contribution < 1.29 is 24.3 Å². The number of aliphatic carboxylic acids is 1. The van der Waals surface area contributed by atoms with Gasteiger partial charge in [0, 0.05) is 18.7 Å². The molecule has 33 heavy (non-hydrogen) atoms. The Kier molecular flexibility index (Phi) is 10.2. The molecule has 1 aliphatic heterocycles. The number of carbonyl (C=O) groups excluding carboxylic acids is 3. The Labute approximate surface area is 199 Å². The summed E-state index contributed by atoms with van der Waals surface area (Å²) in [7, 11) is 0. The quantitative estimate of drug-likeness (QED) is 0.295. The summed E-state index contributed by atoms with van der Waals surface area (Å²) in [5, 5.41) is 14.6. The van der Waals surface area contributed by atoms with Gasteiger partial charge in [-0.25, -0.2) is 4.79 Å². The van der Waals surface area contributed by atoms with Crippen LogP contribution >= 0.6 is 12.6 Å². The second kappa shape index (κ2) is 12.6. The van der Waals surface area contributed by atoms with Crippen molar-refractivity contribution >= 4 is 36.3 Å². The fraction of sp³-hybridized carbons (Fsp3) is 0.565. The van der Waals surface area contributed by atoms with Gasteiger partial charge in [0.25, 0.3) is 0 Å². The average molecular weight is 479 g/mol. The number of benzene rings is 1. The van der Waals surface area contributed by atoms with E-state index in [-0.39, 0.29) is 24.0 Å². The Hall–Kier alpha value is -2.59. The number of carboxylic acids is 1. The number of thiol groups is 1. The van der Waals surface area contributed by atoms with Crippen molar-refractivity contribution in [3.8, 4) is 0 Å². The van der Waals surface area contributed by atoms with E-state index in [0.717, 1.165) is 12.0 Å². The number of carbonyl (C=O) groups is 4. The lowest BCUT2D eigenvalue weighted by Gasteiger charge is -2.30. The summed E-state index contributed by atoms with van der Waals surface area (Å²) in [6, 6.07) is 5.33. The molecular weight excluding hydrogens is 444 g/mol. The highest BCUT2D eigenvalue weighted by Gasteiger charge is 2.38. The Morgan fingerprint density at radius 3 is 2.42 bits per heavy atom. The molecule has 0 aliphatic carbocycles. The molecule has 0 spiro atoms. The standard InChI is InChI=1S/C23H34N4O5S/c1-3-14(2)19(24)22(30)27-11-7-10-18(27)21(29)26-17(13-33)20(28)25-16(23(31)32)12-15-8-5-4-6-9-15/h4-6,8-9,14,16-19,33H,3,7,10-13,24H2,1-2H3,(H,25,28)(H,26,29)(H,31,32). The van der Waals surface area contributed by atoms with E-state index >= 15 is 0 Å². The van der Waals surface area contributed by atoms with E-state index in [9.17, 15) is 24.3 Å². The van der Waals surface area contributed by atoms with Crippen LogP contribution in [0.2, 0.25) is 0 Å². The fourth-order valence-corrected chi connectivity index (χ4v) is 4.03. The predicted octanol–water partition coefficient (Wildman–Crippen LogP) is 0.578. The molecule has 10 heteroatoms. The van der Waals surface area contributed by atoms with Gasteiger partial charge < -0.3 is 26.4 Å². The highest BCUT2D eigenvalue weighted by atomic mass is 32.1. The topological polar surface area (TPSA) is 142 Å². The van der Waals surface area contributed by atoms with E-state index in [1.807, 2.05) is 19.9 Å². The molecule has 0 radical (unpaired) electrons. The van der Waals surface area contributed by atoms with Crippen molar-refractivity contribution in [3.05, 3.63) is 35.9 Å². The minimum Gasteiger partial charge on any atom is -0.480 e. The molecule has 0 saturated carbocycles. The van der Waals surface area contributed by atoms with Crippen LogP contribution in [0.4, 0.5) is 0 Å². The van der Waals surface area contributed by atoms with Crippen molar-refractivity contribution in [2.45, 2.75) is 63.7 Å². The molecule has 0 aromatic heterocycles. The van der Waals surface area contributed by atoms with Gasteiger partial charge >= 0.3 is 5.97 Å². The van der Waals surface area contributed by atoms with Gasteiger partial charge in [0.1, 0.15) is 18.1 Å². The molecule has 182 valence electrons. The van der Waals surface area contributed by atoms with Gasteiger partial charge in [-0.15, -0.1) is 0 Å². The monoisotopic (exact) mass is 478 g/mol. The van der Waals surface area contributed by atoms with Crippen LogP contribution in [0.1, 0.15) is 38.7 Å². The second-order valence-electron chi connectivity index (χ2n) is 8.43. The smallest absolute Gasteiger partial charge is 0.326 e. The molecule has 1 aromatic rings. The number of hydrogen-bond acceptors (Lipinski definition) is 6. The van der Waals surface area contributed by atoms with Gasteiger partial charge in [-0.1, -0.05) is 50.6 Å². The SMILES string of the molecule is CCC(C)C(N)C(=O)N1CCCC1C(=O)NC(CS)C(=O)NC(Cc1ccccc1)C(=O)O. The van der Waals surface area contributed by atoms with E-state index in [2.05, 4.69) is 23.3 Å². The lowest BCUT2D eigenvalue weighted by Crippen LogP contribution is -2.57. The number of nitrogens with two attached hydrogens (primary N) is 1. The zero-order valence-electron chi connectivity index (χ0n) is 19.1. The number of nitrogens with one attached hydrogen (secondary N) is 2. The number of nitrogens with zero attached hydrogens (tertiary/aromatic N) is 1. The van der Waals surface area contributed by atoms with Crippen molar-refractivity contribution in [1.82, 2.24) is 15.5 Å². The summed E-state index contributed by atoms with van der Waals surface area (Å²) in [5.41, 5.74) is 6.84. The number of hydrogen-bond donors (Lipinski definition) is 5. The third-order valence-electron chi connectivity index (χ3n) is 6.09. The normalized spacial score (nSPS) is 19.3. The highest BCUT2D eigenvalue weighted by molar-refractivity contribution is 7.80. The first kappa shape index (κ1) is 26.7. The number of amides is 3. The summed E-state index contributed by atoms with van der Waals surface area (Å²) in [6.45, 7) is 4.27. The Balaban J connectivity index is 2.02. The minimum atomic E-state index is -1.18. The molecule has 5 unspecified atom stereocenters. The molecule has 1 fully saturated rings. The molecule has 3 amide bonds. The van der Waals surface area contributed by atoms with E-state index < -0.39 is 42.0 Å². The van der Waals surface area contributed by atoms with E-state index in [0.29, 0.717) is 19.4 Å². The van der Waals surface area contributed by atoms with Crippen molar-refractivity contribution in [3.63, 3.8) is 0 Å². The van der Waals surface area contributed by atoms with Crippen LogP contribution in [0.25, 0.3) is 0 Å². The predicted molar refractivity (Wildman–Crippen MR) is 128 cm³/mol. The van der Waals surface area contributed by atoms with Crippen molar-refractivity contribution in [1.29, 1.82) is 0 Å². The van der Waals surface area contributed by atoms with Gasteiger partial charge in [0.2, 0.25) is 17.7 Å². The van der Waals surface area contributed by atoms with Crippen LogP contribution in [0, 0.1) is 5.92 Å². The maximum atomic E-state index is 12.9. The molecule has 1 aromatic carbocycles. The summed E-state index contributed by atoms with van der Waals surface area (Å²) in [5.74, 6) is -2.61. The first-order valence-electron chi connectivity index (χ1n) is 11.2. The summed E-state index contributed by atoms with van der Waals surface area (Å²) < 4.78 is 0. The molecule has 0 bridgehead atoms.